The summed E-state index contributed by atoms with van der Waals surface area (Å²) in [6.45, 7) is 6.58. The molecule has 0 aliphatic carbocycles. The van der Waals surface area contributed by atoms with Crippen molar-refractivity contribution in [3.05, 3.63) is 47.2 Å². The van der Waals surface area contributed by atoms with E-state index >= 15 is 0 Å². The van der Waals surface area contributed by atoms with Gasteiger partial charge in [0.1, 0.15) is 11.9 Å². The highest BCUT2D eigenvalue weighted by Gasteiger charge is 2.47. The normalized spacial score (nSPS) is 23.2. The lowest BCUT2D eigenvalue weighted by atomic mass is 10.0. The van der Waals surface area contributed by atoms with Gasteiger partial charge in [0.05, 0.1) is 17.8 Å². The van der Waals surface area contributed by atoms with Gasteiger partial charge in [-0.05, 0) is 40.4 Å². The third-order valence-electron chi connectivity index (χ3n) is 5.60. The van der Waals surface area contributed by atoms with Crippen LogP contribution in [0.4, 0.5) is 10.6 Å². The smallest absolute Gasteiger partial charge is 0.411 e. The van der Waals surface area contributed by atoms with E-state index in [1.54, 1.807) is 4.90 Å². The van der Waals surface area contributed by atoms with Crippen molar-refractivity contribution in [2.75, 3.05) is 26.4 Å². The van der Waals surface area contributed by atoms with Crippen LogP contribution in [0.25, 0.3) is 0 Å². The Morgan fingerprint density at radius 1 is 1.33 bits per heavy atom. The molecular formula is C21H29N5O4. The molecular weight excluding hydrogens is 386 g/mol. The molecule has 30 heavy (non-hydrogen) atoms. The van der Waals surface area contributed by atoms with Crippen molar-refractivity contribution in [2.45, 2.75) is 51.7 Å². The summed E-state index contributed by atoms with van der Waals surface area (Å²) in [5.41, 5.74) is 8.11. The lowest BCUT2D eigenvalue weighted by Crippen LogP contribution is -2.43. The van der Waals surface area contributed by atoms with E-state index < -0.39 is 18.0 Å². The van der Waals surface area contributed by atoms with Crippen LogP contribution in [0.5, 0.6) is 0 Å². The maximum Gasteiger partial charge on any atom is 0.411 e. The Balaban J connectivity index is 1.54. The van der Waals surface area contributed by atoms with E-state index in [1.807, 2.05) is 70.1 Å². The maximum absolute atomic E-state index is 13.2. The predicted octanol–water partition coefficient (Wildman–Crippen LogP) is 2.80. The molecule has 2 aliphatic heterocycles. The summed E-state index contributed by atoms with van der Waals surface area (Å²) in [7, 11) is 3.91. The van der Waals surface area contributed by atoms with Gasteiger partial charge in [0.15, 0.2) is 6.29 Å². The highest BCUT2D eigenvalue weighted by atomic mass is 16.9. The van der Waals surface area contributed by atoms with E-state index in [2.05, 4.69) is 5.10 Å². The second-order valence-corrected chi connectivity index (χ2v) is 8.49. The number of nitrogens with zero attached hydrogens (tertiary/aromatic N) is 4. The number of ether oxygens (including phenoxy) is 3. The van der Waals surface area contributed by atoms with E-state index in [4.69, 9.17) is 19.9 Å². The third-order valence-corrected chi connectivity index (χ3v) is 5.60. The number of amides is 1. The zero-order valence-corrected chi connectivity index (χ0v) is 18.0. The Bertz CT molecular complexity index is 921. The SMILES string of the molecule is CC1OC(n2nc3c(c2N)CN(C(=O)O[C@H](CN(C)C)c2ccccc2)C3(C)C)O1. The van der Waals surface area contributed by atoms with Crippen molar-refractivity contribution >= 4 is 11.9 Å². The minimum atomic E-state index is -0.680. The van der Waals surface area contributed by atoms with Gasteiger partial charge in [-0.1, -0.05) is 30.3 Å². The van der Waals surface area contributed by atoms with Gasteiger partial charge in [-0.2, -0.15) is 9.78 Å². The first kappa shape index (κ1) is 20.6. The average Bonchev–Trinajstić information content (AvgIpc) is 3.13. The van der Waals surface area contributed by atoms with Gasteiger partial charge in [-0.3, -0.25) is 4.90 Å². The Morgan fingerprint density at radius 2 is 2.00 bits per heavy atom. The lowest BCUT2D eigenvalue weighted by Gasteiger charge is -2.35. The number of hydrogen-bond donors (Lipinski definition) is 1. The monoisotopic (exact) mass is 415 g/mol. The Hall–Kier alpha value is -2.62. The summed E-state index contributed by atoms with van der Waals surface area (Å²) in [4.78, 5) is 16.9. The Kier molecular flexibility index (Phi) is 5.21. The summed E-state index contributed by atoms with van der Waals surface area (Å²) >= 11 is 0. The number of fused-ring (bicyclic) bond motifs is 1. The molecule has 0 bridgehead atoms. The van der Waals surface area contributed by atoms with E-state index in [-0.39, 0.29) is 12.4 Å². The first-order valence-electron chi connectivity index (χ1n) is 10.0. The molecule has 4 rings (SSSR count). The number of nitrogens with two attached hydrogens (primary N) is 1. The molecule has 0 saturated carbocycles. The van der Waals surface area contributed by atoms with Crippen molar-refractivity contribution in [3.63, 3.8) is 0 Å². The number of carbonyl (C=O) groups excluding carboxylic acids is 1. The Morgan fingerprint density at radius 3 is 2.57 bits per heavy atom. The lowest BCUT2D eigenvalue weighted by molar-refractivity contribution is -0.414. The number of benzene rings is 1. The molecule has 1 amide bonds. The van der Waals surface area contributed by atoms with Crippen molar-refractivity contribution in [1.82, 2.24) is 19.6 Å². The molecule has 162 valence electrons. The summed E-state index contributed by atoms with van der Waals surface area (Å²) in [5.74, 6) is 0.443. The molecule has 1 aromatic heterocycles. The molecule has 1 saturated heterocycles. The number of nitrogen functional groups attached to an aromatic ring is 1. The zero-order chi connectivity index (χ0) is 21.6. The van der Waals surface area contributed by atoms with Gasteiger partial charge in [0.2, 0.25) is 0 Å². The van der Waals surface area contributed by atoms with Crippen molar-refractivity contribution in [1.29, 1.82) is 0 Å². The van der Waals surface area contributed by atoms with Gasteiger partial charge in [-0.25, -0.2) is 4.79 Å². The molecule has 0 unspecified atom stereocenters. The summed E-state index contributed by atoms with van der Waals surface area (Å²) < 4.78 is 18.5. The zero-order valence-electron chi connectivity index (χ0n) is 18.0. The molecule has 1 aromatic carbocycles. The average molecular weight is 415 g/mol. The number of hydrogen-bond acceptors (Lipinski definition) is 7. The standard InChI is InChI=1S/C21H29N5O4/c1-13-28-20(29-13)26-18(22)15-11-25(21(2,3)17(15)23-26)19(27)30-16(12-24(4)5)14-9-7-6-8-10-14/h6-10,13,16,20H,11-12,22H2,1-5H3/t13?,16-,20?/m1/s1. The number of aromatic nitrogens is 2. The molecule has 2 N–H and O–H groups in total. The quantitative estimate of drug-likeness (QED) is 0.802. The molecule has 9 heteroatoms. The van der Waals surface area contributed by atoms with Crippen molar-refractivity contribution < 1.29 is 19.0 Å². The largest absolute Gasteiger partial charge is 0.440 e. The van der Waals surface area contributed by atoms with Crippen LogP contribution in [0.1, 0.15) is 50.1 Å². The highest BCUT2D eigenvalue weighted by molar-refractivity contribution is 5.72. The van der Waals surface area contributed by atoms with Crippen LogP contribution in [0.2, 0.25) is 0 Å². The number of rotatable bonds is 5. The highest BCUT2D eigenvalue weighted by Crippen LogP contribution is 2.43. The minimum absolute atomic E-state index is 0.278. The third kappa shape index (κ3) is 3.53. The second kappa shape index (κ2) is 7.57. The van der Waals surface area contributed by atoms with Crippen molar-refractivity contribution in [3.8, 4) is 0 Å². The van der Waals surface area contributed by atoms with Gasteiger partial charge in [0, 0.05) is 12.1 Å². The first-order chi connectivity index (χ1) is 14.2. The van der Waals surface area contributed by atoms with Crippen LogP contribution < -0.4 is 5.73 Å². The minimum Gasteiger partial charge on any atom is -0.440 e. The molecule has 2 aromatic rings. The van der Waals surface area contributed by atoms with E-state index in [0.717, 1.165) is 16.8 Å². The van der Waals surface area contributed by atoms with Gasteiger partial charge in [0.25, 0.3) is 6.41 Å². The fraction of sp³-hybridized carbons (Fsp3) is 0.524. The van der Waals surface area contributed by atoms with Gasteiger partial charge in [-0.15, -0.1) is 0 Å². The van der Waals surface area contributed by atoms with Gasteiger partial charge < -0.3 is 24.8 Å². The maximum atomic E-state index is 13.2. The molecule has 1 atom stereocenters. The molecule has 0 spiro atoms. The van der Waals surface area contributed by atoms with Crippen molar-refractivity contribution in [2.24, 2.45) is 0 Å². The Labute approximate surface area is 176 Å². The number of likely N-dealkylation sites (N-methyl/N-ethyl adjacent to an activating group) is 1. The fourth-order valence-corrected chi connectivity index (χ4v) is 3.91. The molecule has 1 fully saturated rings. The summed E-state index contributed by atoms with van der Waals surface area (Å²) in [6.07, 6.45) is -1.68. The molecule has 2 aliphatic rings. The van der Waals surface area contributed by atoms with Crippen LogP contribution in [0.15, 0.2) is 30.3 Å². The number of anilines is 1. The first-order valence-corrected chi connectivity index (χ1v) is 10.0. The van der Waals surface area contributed by atoms with Crippen LogP contribution in [0.3, 0.4) is 0 Å². The molecule has 0 radical (unpaired) electrons. The van der Waals surface area contributed by atoms with Gasteiger partial charge >= 0.3 is 6.09 Å². The predicted molar refractivity (Wildman–Crippen MR) is 110 cm³/mol. The van der Waals surface area contributed by atoms with Crippen LogP contribution in [-0.4, -0.2) is 52.6 Å². The summed E-state index contributed by atoms with van der Waals surface area (Å²) in [5, 5.41) is 4.60. The van der Waals surface area contributed by atoms with Crippen LogP contribution in [0, 0.1) is 0 Å². The van der Waals surface area contributed by atoms with Crippen LogP contribution in [-0.2, 0) is 26.3 Å². The van der Waals surface area contributed by atoms with E-state index in [9.17, 15) is 4.79 Å². The fourth-order valence-electron chi connectivity index (χ4n) is 3.91. The van der Waals surface area contributed by atoms with Crippen LogP contribution >= 0.6 is 0 Å². The summed E-state index contributed by atoms with van der Waals surface area (Å²) in [6, 6.07) is 9.76. The van der Waals surface area contributed by atoms with E-state index in [1.165, 1.54) is 4.68 Å². The number of carbonyl (C=O) groups is 1. The van der Waals surface area contributed by atoms with E-state index in [0.29, 0.717) is 18.9 Å². The molecule has 9 nitrogen and oxygen atoms in total. The topological polar surface area (TPSA) is 95.1 Å². The molecule has 3 heterocycles. The second-order valence-electron chi connectivity index (χ2n) is 8.49.